The van der Waals surface area contributed by atoms with Crippen molar-refractivity contribution >= 4 is 56.3 Å². The normalized spacial score (nSPS) is 14.5. The molecule has 4 aromatic rings. The maximum atomic E-state index is 12.9. The van der Waals surface area contributed by atoms with Gasteiger partial charge in [-0.3, -0.25) is 9.69 Å². The fourth-order valence-electron chi connectivity index (χ4n) is 4.13. The van der Waals surface area contributed by atoms with Crippen LogP contribution in [0.5, 0.6) is 5.75 Å². The average molecular weight is 562 g/mol. The minimum absolute atomic E-state index is 0.194. The number of carbonyl (C=O) groups is 2. The van der Waals surface area contributed by atoms with Crippen LogP contribution >= 0.6 is 27.5 Å². The highest BCUT2D eigenvalue weighted by atomic mass is 79.9. The zero-order valence-electron chi connectivity index (χ0n) is 19.4. The number of benzene rings is 4. The summed E-state index contributed by atoms with van der Waals surface area (Å²) in [5, 5.41) is 5.32. The number of fused-ring (bicyclic) bond motifs is 1. The van der Waals surface area contributed by atoms with Crippen molar-refractivity contribution in [2.45, 2.75) is 20.1 Å². The van der Waals surface area contributed by atoms with E-state index in [9.17, 15) is 9.59 Å². The van der Waals surface area contributed by atoms with Crippen molar-refractivity contribution in [3.05, 3.63) is 116 Å². The molecule has 0 atom stereocenters. The highest BCUT2D eigenvalue weighted by Crippen LogP contribution is 2.36. The van der Waals surface area contributed by atoms with Crippen molar-refractivity contribution in [2.24, 2.45) is 0 Å². The van der Waals surface area contributed by atoms with Gasteiger partial charge in [0.05, 0.1) is 16.0 Å². The molecule has 1 aliphatic rings. The Balaban J connectivity index is 1.33. The first kappa shape index (κ1) is 24.1. The standard InChI is InChI=1S/C29H22BrClN2O3/c1-18-9-11-19(12-10-18)16-33-28(34)26(32-29(33)35)15-20-13-24(30)27(25(31)14-20)36-17-22-7-4-6-21-5-2-3-8-23(21)22/h2-15H,16-17H2,1H3,(H,32,35)/b26-15+. The van der Waals surface area contributed by atoms with Crippen LogP contribution in [0, 0.1) is 6.92 Å². The third kappa shape index (κ3) is 5.01. The summed E-state index contributed by atoms with van der Waals surface area (Å²) in [6.07, 6.45) is 1.61. The minimum Gasteiger partial charge on any atom is -0.486 e. The van der Waals surface area contributed by atoms with Crippen molar-refractivity contribution in [1.82, 2.24) is 10.2 Å². The molecule has 0 aliphatic carbocycles. The Labute approximate surface area is 222 Å². The monoisotopic (exact) mass is 560 g/mol. The van der Waals surface area contributed by atoms with E-state index in [2.05, 4.69) is 39.4 Å². The fraction of sp³-hybridized carbons (Fsp3) is 0.103. The van der Waals surface area contributed by atoms with Crippen LogP contribution in [-0.2, 0) is 17.9 Å². The fourth-order valence-corrected chi connectivity index (χ4v) is 5.12. The van der Waals surface area contributed by atoms with E-state index in [1.165, 1.54) is 4.90 Å². The van der Waals surface area contributed by atoms with E-state index < -0.39 is 6.03 Å². The van der Waals surface area contributed by atoms with E-state index in [1.807, 2.05) is 55.5 Å². The lowest BCUT2D eigenvalue weighted by Crippen LogP contribution is -2.30. The number of amides is 3. The predicted octanol–water partition coefficient (Wildman–Crippen LogP) is 7.24. The number of imide groups is 1. The molecular weight excluding hydrogens is 540 g/mol. The van der Waals surface area contributed by atoms with E-state index in [1.54, 1.807) is 18.2 Å². The summed E-state index contributed by atoms with van der Waals surface area (Å²) in [5.74, 6) is 0.124. The van der Waals surface area contributed by atoms with Crippen molar-refractivity contribution in [1.29, 1.82) is 0 Å². The average Bonchev–Trinajstić information content (AvgIpc) is 3.12. The highest BCUT2D eigenvalue weighted by molar-refractivity contribution is 9.10. The summed E-state index contributed by atoms with van der Waals surface area (Å²) in [6.45, 7) is 2.54. The molecule has 180 valence electrons. The lowest BCUT2D eigenvalue weighted by Gasteiger charge is -2.13. The molecule has 0 aromatic heterocycles. The summed E-state index contributed by atoms with van der Waals surface area (Å²) in [5.41, 5.74) is 3.90. The van der Waals surface area contributed by atoms with Crippen LogP contribution < -0.4 is 10.1 Å². The van der Waals surface area contributed by atoms with E-state index in [4.69, 9.17) is 16.3 Å². The smallest absolute Gasteiger partial charge is 0.329 e. The molecule has 4 aromatic carbocycles. The Morgan fingerprint density at radius 1 is 1.00 bits per heavy atom. The number of carbonyl (C=O) groups excluding carboxylic acids is 2. The Morgan fingerprint density at radius 3 is 2.53 bits per heavy atom. The molecular formula is C29H22BrClN2O3. The highest BCUT2D eigenvalue weighted by Gasteiger charge is 2.33. The number of hydrogen-bond acceptors (Lipinski definition) is 3. The van der Waals surface area contributed by atoms with E-state index in [-0.39, 0.29) is 18.1 Å². The van der Waals surface area contributed by atoms with Gasteiger partial charge in [0.25, 0.3) is 5.91 Å². The SMILES string of the molecule is Cc1ccc(CN2C(=O)N/C(=C/c3cc(Cl)c(OCc4cccc5ccccc45)c(Br)c3)C2=O)cc1. The zero-order valence-corrected chi connectivity index (χ0v) is 21.8. The molecule has 1 saturated heterocycles. The molecule has 1 fully saturated rings. The largest absolute Gasteiger partial charge is 0.486 e. The van der Waals surface area contributed by atoms with Crippen molar-refractivity contribution in [3.8, 4) is 5.75 Å². The molecule has 5 nitrogen and oxygen atoms in total. The Kier molecular flexibility index (Phi) is 6.81. The second-order valence-electron chi connectivity index (χ2n) is 8.61. The van der Waals surface area contributed by atoms with Crippen LogP contribution in [0.15, 0.2) is 89.0 Å². The first-order valence-corrected chi connectivity index (χ1v) is 12.5. The van der Waals surface area contributed by atoms with Gasteiger partial charge in [0, 0.05) is 0 Å². The number of nitrogens with zero attached hydrogens (tertiary/aromatic N) is 1. The number of halogens is 2. The van der Waals surface area contributed by atoms with Gasteiger partial charge in [-0.25, -0.2) is 4.79 Å². The first-order chi connectivity index (χ1) is 17.4. The third-order valence-corrected chi connectivity index (χ3v) is 6.88. The van der Waals surface area contributed by atoms with Crippen LogP contribution in [0.2, 0.25) is 5.02 Å². The zero-order chi connectivity index (χ0) is 25.2. The maximum absolute atomic E-state index is 12.9. The molecule has 0 bridgehead atoms. The first-order valence-electron chi connectivity index (χ1n) is 11.4. The Hall–Kier alpha value is -3.61. The molecule has 0 spiro atoms. The second-order valence-corrected chi connectivity index (χ2v) is 9.87. The van der Waals surface area contributed by atoms with Crippen LogP contribution in [0.4, 0.5) is 4.79 Å². The van der Waals surface area contributed by atoms with Crippen molar-refractivity contribution < 1.29 is 14.3 Å². The number of nitrogens with one attached hydrogen (secondary N) is 1. The van der Waals surface area contributed by atoms with Crippen LogP contribution in [-0.4, -0.2) is 16.8 Å². The van der Waals surface area contributed by atoms with Crippen LogP contribution in [0.3, 0.4) is 0 Å². The summed E-state index contributed by atoms with van der Waals surface area (Å²) < 4.78 is 6.72. The minimum atomic E-state index is -0.452. The summed E-state index contributed by atoms with van der Waals surface area (Å²) >= 11 is 10.1. The lowest BCUT2D eigenvalue weighted by molar-refractivity contribution is -0.123. The van der Waals surface area contributed by atoms with Gasteiger partial charge in [0.1, 0.15) is 12.3 Å². The van der Waals surface area contributed by atoms with Crippen molar-refractivity contribution in [3.63, 3.8) is 0 Å². The van der Waals surface area contributed by atoms with E-state index in [0.29, 0.717) is 27.4 Å². The Bertz CT molecular complexity index is 1490. The van der Waals surface area contributed by atoms with Gasteiger partial charge in [0.2, 0.25) is 0 Å². The molecule has 36 heavy (non-hydrogen) atoms. The van der Waals surface area contributed by atoms with E-state index in [0.717, 1.165) is 27.5 Å². The topological polar surface area (TPSA) is 58.6 Å². The van der Waals surface area contributed by atoms with Crippen LogP contribution in [0.25, 0.3) is 16.8 Å². The molecule has 5 rings (SSSR count). The van der Waals surface area contributed by atoms with Gasteiger partial charge in [-0.2, -0.15) is 0 Å². The number of ether oxygens (including phenoxy) is 1. The molecule has 7 heteroatoms. The predicted molar refractivity (Wildman–Crippen MR) is 146 cm³/mol. The van der Waals surface area contributed by atoms with Gasteiger partial charge < -0.3 is 10.1 Å². The van der Waals surface area contributed by atoms with E-state index >= 15 is 0 Å². The van der Waals surface area contributed by atoms with Crippen molar-refractivity contribution in [2.75, 3.05) is 0 Å². The maximum Gasteiger partial charge on any atom is 0.329 e. The Morgan fingerprint density at radius 2 is 1.75 bits per heavy atom. The molecule has 1 aliphatic heterocycles. The quantitative estimate of drug-likeness (QED) is 0.199. The molecule has 3 amide bonds. The van der Waals surface area contributed by atoms with Gasteiger partial charge in [-0.15, -0.1) is 0 Å². The molecule has 0 radical (unpaired) electrons. The molecule has 1 heterocycles. The molecule has 1 N–H and O–H groups in total. The second kappa shape index (κ2) is 10.2. The number of aryl methyl sites for hydroxylation is 1. The summed E-state index contributed by atoms with van der Waals surface area (Å²) in [6, 6.07) is 25.0. The van der Waals surface area contributed by atoms with Gasteiger partial charge >= 0.3 is 6.03 Å². The van der Waals surface area contributed by atoms with Gasteiger partial charge in [0.15, 0.2) is 5.75 Å². The third-order valence-electron chi connectivity index (χ3n) is 6.01. The van der Waals surface area contributed by atoms with Crippen LogP contribution in [0.1, 0.15) is 22.3 Å². The summed E-state index contributed by atoms with van der Waals surface area (Å²) in [4.78, 5) is 26.5. The number of hydrogen-bond donors (Lipinski definition) is 1. The molecule has 0 unspecified atom stereocenters. The number of rotatable bonds is 6. The summed E-state index contributed by atoms with van der Waals surface area (Å²) in [7, 11) is 0. The van der Waals surface area contributed by atoms with Gasteiger partial charge in [-0.05, 0) is 68.5 Å². The number of urea groups is 1. The van der Waals surface area contributed by atoms with Gasteiger partial charge in [-0.1, -0.05) is 83.9 Å². The molecule has 0 saturated carbocycles. The lowest BCUT2D eigenvalue weighted by atomic mass is 10.1.